The summed E-state index contributed by atoms with van der Waals surface area (Å²) in [5.74, 6) is 1.61. The van der Waals surface area contributed by atoms with Gasteiger partial charge in [0.25, 0.3) is 0 Å². The normalized spacial score (nSPS) is 21.3. The first-order valence-electron chi connectivity index (χ1n) is 7.02. The molecule has 1 atom stereocenters. The van der Waals surface area contributed by atoms with Crippen LogP contribution >= 0.6 is 0 Å². The Balaban J connectivity index is 2.13. The Hall–Kier alpha value is -0.960. The Morgan fingerprint density at radius 1 is 1.44 bits per heavy atom. The molecule has 1 aromatic heterocycles. The molecule has 3 nitrogen and oxygen atoms in total. The van der Waals surface area contributed by atoms with Crippen LogP contribution in [-0.4, -0.2) is 16.0 Å². The van der Waals surface area contributed by atoms with Crippen molar-refractivity contribution >= 4 is 0 Å². The molecule has 18 heavy (non-hydrogen) atoms. The third-order valence-corrected chi connectivity index (χ3v) is 3.83. The van der Waals surface area contributed by atoms with Crippen LogP contribution in [0.5, 0.6) is 0 Å². The molecule has 0 spiro atoms. The van der Waals surface area contributed by atoms with Crippen molar-refractivity contribution < 1.29 is 0 Å². The topological polar surface area (TPSA) is 37.8 Å². The average molecular weight is 247 g/mol. The molecule has 0 aromatic carbocycles. The van der Waals surface area contributed by atoms with E-state index in [1.54, 1.807) is 0 Å². The molecular formula is C15H25N3. The summed E-state index contributed by atoms with van der Waals surface area (Å²) in [5, 5.41) is 3.44. The third-order valence-electron chi connectivity index (χ3n) is 3.83. The molecule has 3 heteroatoms. The molecule has 1 saturated carbocycles. The molecule has 2 rings (SSSR count). The quantitative estimate of drug-likeness (QED) is 0.869. The van der Waals surface area contributed by atoms with Gasteiger partial charge >= 0.3 is 0 Å². The number of hydrogen-bond donors (Lipinski definition) is 1. The van der Waals surface area contributed by atoms with Gasteiger partial charge in [0.05, 0.1) is 0 Å². The predicted octanol–water partition coefficient (Wildman–Crippen LogP) is 3.05. The summed E-state index contributed by atoms with van der Waals surface area (Å²) < 4.78 is 0. The number of nitrogens with one attached hydrogen (secondary N) is 1. The van der Waals surface area contributed by atoms with Crippen molar-refractivity contribution in [3.63, 3.8) is 0 Å². The van der Waals surface area contributed by atoms with Crippen molar-refractivity contribution in [2.75, 3.05) is 0 Å². The maximum atomic E-state index is 4.78. The highest BCUT2D eigenvalue weighted by Crippen LogP contribution is 2.57. The minimum atomic E-state index is 0.405. The molecule has 0 amide bonds. The van der Waals surface area contributed by atoms with Crippen molar-refractivity contribution in [1.82, 2.24) is 15.3 Å². The molecule has 0 saturated heterocycles. The Morgan fingerprint density at radius 3 is 2.61 bits per heavy atom. The van der Waals surface area contributed by atoms with Crippen LogP contribution in [0.2, 0.25) is 0 Å². The summed E-state index contributed by atoms with van der Waals surface area (Å²) in [7, 11) is 0. The largest absolute Gasteiger partial charge is 0.310 e. The molecule has 1 unspecified atom stereocenters. The van der Waals surface area contributed by atoms with Crippen LogP contribution in [0.3, 0.4) is 0 Å². The van der Waals surface area contributed by atoms with Gasteiger partial charge in [0, 0.05) is 36.0 Å². The van der Waals surface area contributed by atoms with Gasteiger partial charge in [-0.2, -0.15) is 0 Å². The zero-order chi connectivity index (χ0) is 13.3. The number of rotatable bonds is 5. The van der Waals surface area contributed by atoms with Crippen LogP contribution in [-0.2, 0) is 13.0 Å². The molecule has 0 aliphatic heterocycles. The standard InChI is InChI=1S/C15H25N3/c1-6-13-11(8-16-10(2)3)9-17-14(18-13)12-7-15(12,4)5/h9-10,12,16H,6-8H2,1-5H3. The van der Waals surface area contributed by atoms with Crippen LogP contribution in [0.25, 0.3) is 0 Å². The second-order valence-corrected chi connectivity index (χ2v) is 6.33. The fourth-order valence-electron chi connectivity index (χ4n) is 2.30. The van der Waals surface area contributed by atoms with E-state index in [4.69, 9.17) is 4.98 Å². The van der Waals surface area contributed by atoms with Crippen LogP contribution in [0, 0.1) is 5.41 Å². The molecule has 0 radical (unpaired) electrons. The van der Waals surface area contributed by atoms with E-state index < -0.39 is 0 Å². The third kappa shape index (κ3) is 2.89. The van der Waals surface area contributed by atoms with Gasteiger partial charge in [0.2, 0.25) is 0 Å². The van der Waals surface area contributed by atoms with Gasteiger partial charge in [-0.15, -0.1) is 0 Å². The Labute approximate surface area is 110 Å². The van der Waals surface area contributed by atoms with Crippen molar-refractivity contribution in [1.29, 1.82) is 0 Å². The van der Waals surface area contributed by atoms with Crippen molar-refractivity contribution in [3.05, 3.63) is 23.3 Å². The van der Waals surface area contributed by atoms with Gasteiger partial charge in [-0.3, -0.25) is 0 Å². The predicted molar refractivity (Wildman–Crippen MR) is 74.5 cm³/mol. The lowest BCUT2D eigenvalue weighted by Gasteiger charge is -2.12. The van der Waals surface area contributed by atoms with E-state index in [0.717, 1.165) is 18.8 Å². The Kier molecular flexibility index (Phi) is 3.71. The van der Waals surface area contributed by atoms with E-state index >= 15 is 0 Å². The summed E-state index contributed by atoms with van der Waals surface area (Å²) in [4.78, 5) is 9.35. The number of aryl methyl sites for hydroxylation is 1. The highest BCUT2D eigenvalue weighted by atomic mass is 14.9. The Bertz CT molecular complexity index is 424. The van der Waals surface area contributed by atoms with E-state index in [9.17, 15) is 0 Å². The molecule has 0 bridgehead atoms. The Morgan fingerprint density at radius 2 is 2.11 bits per heavy atom. The van der Waals surface area contributed by atoms with Gasteiger partial charge in [-0.25, -0.2) is 9.97 Å². The molecular weight excluding hydrogens is 222 g/mol. The summed E-state index contributed by atoms with van der Waals surface area (Å²) in [5.41, 5.74) is 2.85. The maximum Gasteiger partial charge on any atom is 0.132 e. The molecule has 1 N–H and O–H groups in total. The molecule has 1 aromatic rings. The highest BCUT2D eigenvalue weighted by Gasteiger charge is 2.48. The summed E-state index contributed by atoms with van der Waals surface area (Å²) in [6.07, 6.45) is 4.22. The van der Waals surface area contributed by atoms with Gasteiger partial charge in [-0.1, -0.05) is 34.6 Å². The van der Waals surface area contributed by atoms with Crippen LogP contribution in [0.1, 0.15) is 64.0 Å². The zero-order valence-corrected chi connectivity index (χ0v) is 12.2. The molecule has 1 aliphatic rings. The number of nitrogens with zero attached hydrogens (tertiary/aromatic N) is 2. The summed E-state index contributed by atoms with van der Waals surface area (Å²) in [6.45, 7) is 11.9. The molecule has 1 aliphatic carbocycles. The zero-order valence-electron chi connectivity index (χ0n) is 12.2. The fraction of sp³-hybridized carbons (Fsp3) is 0.733. The number of hydrogen-bond acceptors (Lipinski definition) is 3. The maximum absolute atomic E-state index is 4.78. The van der Waals surface area contributed by atoms with Crippen molar-refractivity contribution in [3.8, 4) is 0 Å². The monoisotopic (exact) mass is 247 g/mol. The lowest BCUT2D eigenvalue weighted by molar-refractivity contribution is 0.578. The summed E-state index contributed by atoms with van der Waals surface area (Å²) in [6, 6.07) is 0.497. The fourth-order valence-corrected chi connectivity index (χ4v) is 2.30. The molecule has 100 valence electrons. The molecule has 1 heterocycles. The first-order chi connectivity index (χ1) is 8.44. The van der Waals surface area contributed by atoms with Crippen molar-refractivity contribution in [2.45, 2.75) is 66.0 Å². The van der Waals surface area contributed by atoms with Gasteiger partial charge < -0.3 is 5.32 Å². The number of aromatic nitrogens is 2. The smallest absolute Gasteiger partial charge is 0.132 e. The summed E-state index contributed by atoms with van der Waals surface area (Å²) >= 11 is 0. The SMILES string of the molecule is CCc1nc(C2CC2(C)C)ncc1CNC(C)C. The van der Waals surface area contributed by atoms with Crippen LogP contribution in [0.4, 0.5) is 0 Å². The van der Waals surface area contributed by atoms with Gasteiger partial charge in [0.1, 0.15) is 5.82 Å². The van der Waals surface area contributed by atoms with Crippen molar-refractivity contribution in [2.24, 2.45) is 5.41 Å². The first-order valence-corrected chi connectivity index (χ1v) is 7.02. The average Bonchev–Trinajstić information content (AvgIpc) is 2.95. The second kappa shape index (κ2) is 4.96. The van der Waals surface area contributed by atoms with E-state index in [1.807, 2.05) is 6.20 Å². The van der Waals surface area contributed by atoms with E-state index in [2.05, 4.69) is 44.9 Å². The van der Waals surface area contributed by atoms with E-state index in [0.29, 0.717) is 17.4 Å². The second-order valence-electron chi connectivity index (χ2n) is 6.33. The first kappa shape index (κ1) is 13.5. The van der Waals surface area contributed by atoms with Crippen LogP contribution < -0.4 is 5.32 Å². The highest BCUT2D eigenvalue weighted by molar-refractivity contribution is 5.23. The minimum absolute atomic E-state index is 0.405. The lowest BCUT2D eigenvalue weighted by atomic mass is 10.1. The van der Waals surface area contributed by atoms with E-state index in [1.165, 1.54) is 17.7 Å². The molecule has 1 fully saturated rings. The minimum Gasteiger partial charge on any atom is -0.310 e. The van der Waals surface area contributed by atoms with Gasteiger partial charge in [0.15, 0.2) is 0 Å². The van der Waals surface area contributed by atoms with Gasteiger partial charge in [-0.05, 0) is 18.3 Å². The van der Waals surface area contributed by atoms with E-state index in [-0.39, 0.29) is 0 Å². The lowest BCUT2D eigenvalue weighted by Crippen LogP contribution is -2.23. The van der Waals surface area contributed by atoms with Crippen LogP contribution in [0.15, 0.2) is 6.20 Å².